The number of nitrogens with one attached hydrogen (secondary N) is 3. The van der Waals surface area contributed by atoms with Crippen LogP contribution in [0.1, 0.15) is 23.2 Å². The van der Waals surface area contributed by atoms with Crippen molar-refractivity contribution in [2.45, 2.75) is 18.9 Å². The Balaban J connectivity index is 1.56. The van der Waals surface area contributed by atoms with Gasteiger partial charge in [0.25, 0.3) is 5.91 Å². The Hall–Kier alpha value is -2.82. The highest BCUT2D eigenvalue weighted by Crippen LogP contribution is 2.19. The predicted octanol–water partition coefficient (Wildman–Crippen LogP) is 3.22. The molecule has 0 unspecified atom stereocenters. The first-order valence-electron chi connectivity index (χ1n) is 7.25. The van der Waals surface area contributed by atoms with Crippen molar-refractivity contribution in [3.05, 3.63) is 60.2 Å². The molecule has 0 saturated heterocycles. The molecule has 112 valence electrons. The fourth-order valence-electron chi connectivity index (χ4n) is 2.02. The molecular formula is C17H17N3O2. The molecule has 1 saturated carbocycles. The van der Waals surface area contributed by atoms with Gasteiger partial charge < -0.3 is 16.0 Å². The Morgan fingerprint density at radius 3 is 2.00 bits per heavy atom. The van der Waals surface area contributed by atoms with Gasteiger partial charge in [-0.15, -0.1) is 0 Å². The lowest BCUT2D eigenvalue weighted by atomic mass is 10.2. The molecule has 0 radical (unpaired) electrons. The Morgan fingerprint density at radius 1 is 0.818 bits per heavy atom. The van der Waals surface area contributed by atoms with Gasteiger partial charge >= 0.3 is 6.03 Å². The van der Waals surface area contributed by atoms with Crippen LogP contribution in [0.25, 0.3) is 0 Å². The second kappa shape index (κ2) is 6.30. The number of amides is 3. The molecule has 1 fully saturated rings. The third-order valence-corrected chi connectivity index (χ3v) is 3.35. The second-order valence-corrected chi connectivity index (χ2v) is 5.27. The van der Waals surface area contributed by atoms with Crippen LogP contribution in [0.5, 0.6) is 0 Å². The number of urea groups is 1. The summed E-state index contributed by atoms with van der Waals surface area (Å²) in [6.07, 6.45) is 2.12. The summed E-state index contributed by atoms with van der Waals surface area (Å²) in [6.45, 7) is 0. The molecule has 2 aromatic carbocycles. The minimum Gasteiger partial charge on any atom is -0.349 e. The molecule has 5 heteroatoms. The molecule has 2 aromatic rings. The van der Waals surface area contributed by atoms with Crippen molar-refractivity contribution in [1.82, 2.24) is 5.32 Å². The standard InChI is InChI=1S/C17H17N3O2/c21-16(18-14-10-11-14)12-6-8-15(9-7-12)20-17(22)19-13-4-2-1-3-5-13/h1-9,14H,10-11H2,(H,18,21)(H2,19,20,22). The summed E-state index contributed by atoms with van der Waals surface area (Å²) in [7, 11) is 0. The molecule has 22 heavy (non-hydrogen) atoms. The van der Waals surface area contributed by atoms with E-state index in [-0.39, 0.29) is 11.9 Å². The molecule has 3 amide bonds. The third kappa shape index (κ3) is 3.85. The van der Waals surface area contributed by atoms with Gasteiger partial charge in [0.2, 0.25) is 0 Å². The molecule has 0 aliphatic heterocycles. The number of para-hydroxylation sites is 1. The van der Waals surface area contributed by atoms with E-state index in [1.807, 2.05) is 30.3 Å². The summed E-state index contributed by atoms with van der Waals surface area (Å²) in [5.41, 5.74) is 1.96. The van der Waals surface area contributed by atoms with Gasteiger partial charge in [-0.05, 0) is 49.2 Å². The van der Waals surface area contributed by atoms with Crippen LogP contribution >= 0.6 is 0 Å². The molecule has 3 rings (SSSR count). The van der Waals surface area contributed by atoms with Crippen LogP contribution in [0.2, 0.25) is 0 Å². The van der Waals surface area contributed by atoms with E-state index < -0.39 is 0 Å². The number of rotatable bonds is 4. The van der Waals surface area contributed by atoms with E-state index in [9.17, 15) is 9.59 Å². The Kier molecular flexibility index (Phi) is 4.05. The van der Waals surface area contributed by atoms with Crippen LogP contribution < -0.4 is 16.0 Å². The fraction of sp³-hybridized carbons (Fsp3) is 0.176. The molecule has 1 aliphatic rings. The summed E-state index contributed by atoms with van der Waals surface area (Å²) in [5.74, 6) is -0.0669. The number of carbonyl (C=O) groups is 2. The van der Waals surface area contributed by atoms with Crippen molar-refractivity contribution < 1.29 is 9.59 Å². The van der Waals surface area contributed by atoms with E-state index in [2.05, 4.69) is 16.0 Å². The van der Waals surface area contributed by atoms with Gasteiger partial charge in [0, 0.05) is 23.0 Å². The first-order chi connectivity index (χ1) is 10.7. The zero-order chi connectivity index (χ0) is 15.4. The van der Waals surface area contributed by atoms with Crippen LogP contribution in [-0.2, 0) is 0 Å². The molecule has 0 spiro atoms. The highest BCUT2D eigenvalue weighted by molar-refractivity contribution is 6.00. The molecule has 1 aliphatic carbocycles. The van der Waals surface area contributed by atoms with Gasteiger partial charge in [0.05, 0.1) is 0 Å². The summed E-state index contributed by atoms with van der Waals surface area (Å²) >= 11 is 0. The molecule has 0 bridgehead atoms. The topological polar surface area (TPSA) is 70.2 Å². The lowest BCUT2D eigenvalue weighted by Crippen LogP contribution is -2.25. The molecule has 0 atom stereocenters. The Bertz CT molecular complexity index is 664. The summed E-state index contributed by atoms with van der Waals surface area (Å²) in [5, 5.41) is 8.39. The number of benzene rings is 2. The van der Waals surface area contributed by atoms with Gasteiger partial charge in [-0.3, -0.25) is 4.79 Å². The average Bonchev–Trinajstić information content (AvgIpc) is 3.33. The van der Waals surface area contributed by atoms with Crippen LogP contribution in [0, 0.1) is 0 Å². The minimum atomic E-state index is -0.318. The SMILES string of the molecule is O=C(Nc1ccccc1)Nc1ccc(C(=O)NC2CC2)cc1. The molecule has 3 N–H and O–H groups in total. The zero-order valence-corrected chi connectivity index (χ0v) is 12.0. The van der Waals surface area contributed by atoms with E-state index in [4.69, 9.17) is 0 Å². The number of anilines is 2. The first kappa shape index (κ1) is 14.1. The Labute approximate surface area is 128 Å². The van der Waals surface area contributed by atoms with E-state index in [1.165, 1.54) is 0 Å². The van der Waals surface area contributed by atoms with Gasteiger partial charge in [-0.1, -0.05) is 18.2 Å². The van der Waals surface area contributed by atoms with Crippen molar-refractivity contribution in [2.24, 2.45) is 0 Å². The van der Waals surface area contributed by atoms with Crippen LogP contribution in [-0.4, -0.2) is 18.0 Å². The van der Waals surface area contributed by atoms with Crippen molar-refractivity contribution in [3.63, 3.8) is 0 Å². The smallest absolute Gasteiger partial charge is 0.323 e. The quantitative estimate of drug-likeness (QED) is 0.810. The van der Waals surface area contributed by atoms with Crippen molar-refractivity contribution in [3.8, 4) is 0 Å². The lowest BCUT2D eigenvalue weighted by Gasteiger charge is -2.08. The average molecular weight is 295 g/mol. The maximum absolute atomic E-state index is 11.9. The molecule has 0 heterocycles. The fourth-order valence-corrected chi connectivity index (χ4v) is 2.02. The van der Waals surface area contributed by atoms with E-state index in [1.54, 1.807) is 24.3 Å². The minimum absolute atomic E-state index is 0.0669. The van der Waals surface area contributed by atoms with Crippen LogP contribution in [0.15, 0.2) is 54.6 Å². The number of hydrogen-bond acceptors (Lipinski definition) is 2. The monoisotopic (exact) mass is 295 g/mol. The molecule has 0 aromatic heterocycles. The molecular weight excluding hydrogens is 278 g/mol. The summed E-state index contributed by atoms with van der Waals surface area (Å²) in [6, 6.07) is 16.1. The maximum Gasteiger partial charge on any atom is 0.323 e. The van der Waals surface area contributed by atoms with Crippen LogP contribution in [0.3, 0.4) is 0 Å². The second-order valence-electron chi connectivity index (χ2n) is 5.27. The largest absolute Gasteiger partial charge is 0.349 e. The highest BCUT2D eigenvalue weighted by Gasteiger charge is 2.23. The Morgan fingerprint density at radius 2 is 1.41 bits per heavy atom. The van der Waals surface area contributed by atoms with Crippen molar-refractivity contribution in [1.29, 1.82) is 0 Å². The normalized spacial score (nSPS) is 13.3. The third-order valence-electron chi connectivity index (χ3n) is 3.35. The van der Waals surface area contributed by atoms with E-state index in [0.717, 1.165) is 18.5 Å². The van der Waals surface area contributed by atoms with E-state index >= 15 is 0 Å². The van der Waals surface area contributed by atoms with Crippen molar-refractivity contribution >= 4 is 23.3 Å². The highest BCUT2D eigenvalue weighted by atomic mass is 16.2. The lowest BCUT2D eigenvalue weighted by molar-refractivity contribution is 0.0951. The van der Waals surface area contributed by atoms with Crippen molar-refractivity contribution in [2.75, 3.05) is 10.6 Å². The zero-order valence-electron chi connectivity index (χ0n) is 12.0. The summed E-state index contributed by atoms with van der Waals surface area (Å²) < 4.78 is 0. The van der Waals surface area contributed by atoms with E-state index in [0.29, 0.717) is 17.3 Å². The number of carbonyl (C=O) groups excluding carboxylic acids is 2. The van der Waals surface area contributed by atoms with Gasteiger partial charge in [-0.2, -0.15) is 0 Å². The maximum atomic E-state index is 11.9. The predicted molar refractivity (Wildman–Crippen MR) is 86.0 cm³/mol. The van der Waals surface area contributed by atoms with Gasteiger partial charge in [-0.25, -0.2) is 4.79 Å². The summed E-state index contributed by atoms with van der Waals surface area (Å²) in [4.78, 5) is 23.7. The van der Waals surface area contributed by atoms with Gasteiger partial charge in [0.15, 0.2) is 0 Å². The molecule has 5 nitrogen and oxygen atoms in total. The van der Waals surface area contributed by atoms with Crippen LogP contribution in [0.4, 0.5) is 16.2 Å². The number of hydrogen-bond donors (Lipinski definition) is 3. The first-order valence-corrected chi connectivity index (χ1v) is 7.25. The van der Waals surface area contributed by atoms with Gasteiger partial charge in [0.1, 0.15) is 0 Å².